The average Bonchev–Trinajstić information content (AvgIpc) is 2.60. The van der Waals surface area contributed by atoms with Crippen LogP contribution in [-0.4, -0.2) is 54.0 Å². The van der Waals surface area contributed by atoms with Gasteiger partial charge in [0.1, 0.15) is 0 Å². The van der Waals surface area contributed by atoms with Gasteiger partial charge in [0, 0.05) is 26.3 Å². The fourth-order valence-electron chi connectivity index (χ4n) is 2.09. The third-order valence-electron chi connectivity index (χ3n) is 3.07. The SMILES string of the molecule is CNCC1CN(Cc2ccccn2)C(=O)N1C. The third kappa shape index (κ3) is 2.55. The highest BCUT2D eigenvalue weighted by atomic mass is 16.2. The van der Waals surface area contributed by atoms with Gasteiger partial charge in [-0.1, -0.05) is 6.07 Å². The number of urea groups is 1. The standard InChI is InChI=1S/C12H18N4O/c1-13-7-11-9-16(12(17)15(11)2)8-10-5-3-4-6-14-10/h3-6,11,13H,7-9H2,1-2H3. The number of pyridine rings is 1. The summed E-state index contributed by atoms with van der Waals surface area (Å²) in [6.07, 6.45) is 1.75. The maximum atomic E-state index is 12.0. The highest BCUT2D eigenvalue weighted by Crippen LogP contribution is 2.15. The lowest BCUT2D eigenvalue weighted by Gasteiger charge is -2.16. The van der Waals surface area contributed by atoms with Crippen LogP contribution in [0.15, 0.2) is 24.4 Å². The summed E-state index contributed by atoms with van der Waals surface area (Å²) in [5.74, 6) is 0. The molecule has 0 radical (unpaired) electrons. The quantitative estimate of drug-likeness (QED) is 0.827. The van der Waals surface area contributed by atoms with Crippen LogP contribution in [0.5, 0.6) is 0 Å². The van der Waals surface area contributed by atoms with Gasteiger partial charge in [0.25, 0.3) is 0 Å². The van der Waals surface area contributed by atoms with Crippen LogP contribution >= 0.6 is 0 Å². The largest absolute Gasteiger partial charge is 0.322 e. The van der Waals surface area contributed by atoms with Gasteiger partial charge in [0.05, 0.1) is 18.3 Å². The molecule has 92 valence electrons. The summed E-state index contributed by atoms with van der Waals surface area (Å²) in [6.45, 7) is 2.16. The van der Waals surface area contributed by atoms with Crippen molar-refractivity contribution in [1.82, 2.24) is 20.1 Å². The summed E-state index contributed by atoms with van der Waals surface area (Å²) in [6, 6.07) is 6.09. The average molecular weight is 234 g/mol. The minimum Gasteiger partial charge on any atom is -0.322 e. The Kier molecular flexibility index (Phi) is 3.58. The molecule has 1 aliphatic heterocycles. The molecule has 2 amide bonds. The number of hydrogen-bond donors (Lipinski definition) is 1. The molecule has 1 saturated heterocycles. The van der Waals surface area contributed by atoms with E-state index >= 15 is 0 Å². The van der Waals surface area contributed by atoms with Gasteiger partial charge >= 0.3 is 6.03 Å². The van der Waals surface area contributed by atoms with Gasteiger partial charge in [-0.05, 0) is 19.2 Å². The van der Waals surface area contributed by atoms with Crippen LogP contribution in [-0.2, 0) is 6.54 Å². The first-order valence-corrected chi connectivity index (χ1v) is 5.78. The summed E-state index contributed by atoms with van der Waals surface area (Å²) >= 11 is 0. The Bertz CT molecular complexity index is 381. The molecule has 5 heteroatoms. The zero-order valence-electron chi connectivity index (χ0n) is 10.3. The topological polar surface area (TPSA) is 48.5 Å². The van der Waals surface area contributed by atoms with Crippen molar-refractivity contribution in [3.05, 3.63) is 30.1 Å². The van der Waals surface area contributed by atoms with Crippen LogP contribution in [0.4, 0.5) is 4.79 Å². The van der Waals surface area contributed by atoms with Gasteiger partial charge < -0.3 is 15.1 Å². The minimum absolute atomic E-state index is 0.0795. The molecule has 17 heavy (non-hydrogen) atoms. The summed E-state index contributed by atoms with van der Waals surface area (Å²) < 4.78 is 0. The van der Waals surface area contributed by atoms with Crippen molar-refractivity contribution in [3.63, 3.8) is 0 Å². The molecule has 1 N–H and O–H groups in total. The van der Waals surface area contributed by atoms with Gasteiger partial charge in [-0.25, -0.2) is 4.79 Å². The lowest BCUT2D eigenvalue weighted by Crippen LogP contribution is -2.37. The number of amides is 2. The minimum atomic E-state index is 0.0795. The molecular formula is C12H18N4O. The van der Waals surface area contributed by atoms with E-state index in [0.29, 0.717) is 6.54 Å². The molecule has 1 fully saturated rings. The van der Waals surface area contributed by atoms with Crippen molar-refractivity contribution in [1.29, 1.82) is 0 Å². The molecule has 1 atom stereocenters. The van der Waals surface area contributed by atoms with Crippen molar-refractivity contribution in [2.24, 2.45) is 0 Å². The number of nitrogens with one attached hydrogen (secondary N) is 1. The molecule has 1 aromatic heterocycles. The Labute approximate surface area is 101 Å². The molecule has 0 aromatic carbocycles. The van der Waals surface area contributed by atoms with Crippen molar-refractivity contribution in [3.8, 4) is 0 Å². The lowest BCUT2D eigenvalue weighted by atomic mass is 10.3. The second-order valence-corrected chi connectivity index (χ2v) is 4.31. The van der Waals surface area contributed by atoms with E-state index in [1.165, 1.54) is 0 Å². The number of nitrogens with zero attached hydrogens (tertiary/aromatic N) is 3. The summed E-state index contributed by atoms with van der Waals surface area (Å²) in [7, 11) is 3.75. The van der Waals surface area contributed by atoms with Crippen LogP contribution in [0.25, 0.3) is 0 Å². The van der Waals surface area contributed by atoms with E-state index in [0.717, 1.165) is 18.8 Å². The van der Waals surface area contributed by atoms with Crippen LogP contribution < -0.4 is 5.32 Å². The predicted molar refractivity (Wildman–Crippen MR) is 65.5 cm³/mol. The van der Waals surface area contributed by atoms with Gasteiger partial charge in [0.2, 0.25) is 0 Å². The van der Waals surface area contributed by atoms with Gasteiger partial charge in [-0.3, -0.25) is 4.98 Å². The van der Waals surface area contributed by atoms with Crippen molar-refractivity contribution < 1.29 is 4.79 Å². The summed E-state index contributed by atoms with van der Waals surface area (Å²) in [5.41, 5.74) is 0.930. The van der Waals surface area contributed by atoms with Crippen LogP contribution in [0.1, 0.15) is 5.69 Å². The van der Waals surface area contributed by atoms with Gasteiger partial charge in [-0.15, -0.1) is 0 Å². The van der Waals surface area contributed by atoms with Crippen LogP contribution in [0.3, 0.4) is 0 Å². The Morgan fingerprint density at radius 1 is 1.53 bits per heavy atom. The molecule has 1 aliphatic rings. The van der Waals surface area contributed by atoms with E-state index < -0.39 is 0 Å². The van der Waals surface area contributed by atoms with Crippen molar-refractivity contribution in [2.75, 3.05) is 27.2 Å². The molecule has 1 aromatic rings. The Morgan fingerprint density at radius 3 is 3.00 bits per heavy atom. The molecular weight excluding hydrogens is 216 g/mol. The molecule has 0 spiro atoms. The van der Waals surface area contributed by atoms with Crippen LogP contribution in [0, 0.1) is 0 Å². The first-order valence-electron chi connectivity index (χ1n) is 5.78. The number of rotatable bonds is 4. The summed E-state index contributed by atoms with van der Waals surface area (Å²) in [5, 5.41) is 3.11. The molecule has 0 saturated carbocycles. The maximum Gasteiger partial charge on any atom is 0.320 e. The van der Waals surface area contributed by atoms with E-state index in [9.17, 15) is 4.79 Å². The number of hydrogen-bond acceptors (Lipinski definition) is 3. The van der Waals surface area contributed by atoms with E-state index in [1.807, 2.05) is 37.2 Å². The molecule has 0 bridgehead atoms. The summed E-state index contributed by atoms with van der Waals surface area (Å²) in [4.78, 5) is 19.9. The number of aromatic nitrogens is 1. The highest BCUT2D eigenvalue weighted by molar-refractivity contribution is 5.76. The maximum absolute atomic E-state index is 12.0. The molecule has 2 rings (SSSR count). The zero-order chi connectivity index (χ0) is 12.3. The Morgan fingerprint density at radius 2 is 2.35 bits per heavy atom. The molecule has 5 nitrogen and oxygen atoms in total. The second kappa shape index (κ2) is 5.14. The fourth-order valence-corrected chi connectivity index (χ4v) is 2.09. The van der Waals surface area contributed by atoms with Crippen LogP contribution in [0.2, 0.25) is 0 Å². The molecule has 0 aliphatic carbocycles. The molecule has 1 unspecified atom stereocenters. The second-order valence-electron chi connectivity index (χ2n) is 4.31. The lowest BCUT2D eigenvalue weighted by molar-refractivity contribution is 0.193. The monoisotopic (exact) mass is 234 g/mol. The number of likely N-dealkylation sites (N-methyl/N-ethyl adjacent to an activating group) is 2. The van der Waals surface area contributed by atoms with E-state index in [-0.39, 0.29) is 12.1 Å². The first-order chi connectivity index (χ1) is 8.22. The number of carbonyl (C=O) groups is 1. The van der Waals surface area contributed by atoms with E-state index in [4.69, 9.17) is 0 Å². The smallest absolute Gasteiger partial charge is 0.320 e. The van der Waals surface area contributed by atoms with Crippen molar-refractivity contribution >= 4 is 6.03 Å². The third-order valence-corrected chi connectivity index (χ3v) is 3.07. The van der Waals surface area contributed by atoms with Gasteiger partial charge in [-0.2, -0.15) is 0 Å². The normalized spacial score (nSPS) is 20.1. The fraction of sp³-hybridized carbons (Fsp3) is 0.500. The van der Waals surface area contributed by atoms with Crippen molar-refractivity contribution in [2.45, 2.75) is 12.6 Å². The number of carbonyl (C=O) groups excluding carboxylic acids is 1. The Balaban J connectivity index is 2.01. The predicted octanol–water partition coefficient (Wildman–Crippen LogP) is 0.537. The molecule has 2 heterocycles. The van der Waals surface area contributed by atoms with E-state index in [1.54, 1.807) is 11.1 Å². The first kappa shape index (κ1) is 11.9. The highest BCUT2D eigenvalue weighted by Gasteiger charge is 2.33. The van der Waals surface area contributed by atoms with Gasteiger partial charge in [0.15, 0.2) is 0 Å². The Hall–Kier alpha value is -1.62. The zero-order valence-corrected chi connectivity index (χ0v) is 10.3. The van der Waals surface area contributed by atoms with E-state index in [2.05, 4.69) is 10.3 Å².